The number of nitrogens with zero attached hydrogens (tertiary/aromatic N) is 2. The zero-order valence-corrected chi connectivity index (χ0v) is 17.2. The third-order valence-electron chi connectivity index (χ3n) is 4.49. The summed E-state index contributed by atoms with van der Waals surface area (Å²) in [5.41, 5.74) is 0.745. The highest BCUT2D eigenvalue weighted by Crippen LogP contribution is 2.33. The second-order valence-corrected chi connectivity index (χ2v) is 9.16. The highest BCUT2D eigenvalue weighted by molar-refractivity contribution is 7.90. The molecule has 0 aliphatic carbocycles. The van der Waals surface area contributed by atoms with Crippen LogP contribution in [0.25, 0.3) is 10.2 Å². The van der Waals surface area contributed by atoms with Crippen molar-refractivity contribution in [3.8, 4) is 5.75 Å². The van der Waals surface area contributed by atoms with E-state index in [1.165, 1.54) is 36.5 Å². The standard InChI is InChI=1S/C19H17N3O5S2/c1-3-27-12-8-9-14-15(10-12)28-19(20-14)21-17(23)11(2)22-18(24)13-6-4-5-7-16(13)29(22,25)26/h4-11H,3H2,1-2H3,(H,20,21,23)/t11-/m0/s1. The molecule has 29 heavy (non-hydrogen) atoms. The van der Waals surface area contributed by atoms with Crippen LogP contribution in [0.2, 0.25) is 0 Å². The van der Waals surface area contributed by atoms with E-state index < -0.39 is 27.9 Å². The van der Waals surface area contributed by atoms with E-state index >= 15 is 0 Å². The first kappa shape index (κ1) is 19.3. The van der Waals surface area contributed by atoms with Gasteiger partial charge in [0, 0.05) is 0 Å². The summed E-state index contributed by atoms with van der Waals surface area (Å²) in [5.74, 6) is -0.658. The SMILES string of the molecule is CCOc1ccc2nc(NC(=O)[C@H](C)N3C(=O)c4ccccc4S3(=O)=O)sc2c1. The van der Waals surface area contributed by atoms with Crippen molar-refractivity contribution in [2.75, 3.05) is 11.9 Å². The number of ether oxygens (including phenoxy) is 1. The fourth-order valence-electron chi connectivity index (χ4n) is 3.12. The van der Waals surface area contributed by atoms with Gasteiger partial charge < -0.3 is 10.1 Å². The Labute approximate surface area is 171 Å². The van der Waals surface area contributed by atoms with Crippen LogP contribution in [-0.2, 0) is 14.8 Å². The predicted octanol–water partition coefficient (Wildman–Crippen LogP) is 2.87. The summed E-state index contributed by atoms with van der Waals surface area (Å²) in [6.45, 7) is 3.79. The number of carbonyl (C=O) groups excluding carboxylic acids is 2. The van der Waals surface area contributed by atoms with Gasteiger partial charge in [-0.25, -0.2) is 17.7 Å². The summed E-state index contributed by atoms with van der Waals surface area (Å²) in [4.78, 5) is 29.5. The monoisotopic (exact) mass is 431 g/mol. The molecule has 3 aromatic rings. The van der Waals surface area contributed by atoms with Crippen molar-refractivity contribution in [2.24, 2.45) is 0 Å². The smallest absolute Gasteiger partial charge is 0.269 e. The number of sulfonamides is 1. The van der Waals surface area contributed by atoms with E-state index in [4.69, 9.17) is 4.74 Å². The Balaban J connectivity index is 1.58. The van der Waals surface area contributed by atoms with Gasteiger partial charge in [0.25, 0.3) is 15.9 Å². The maximum atomic E-state index is 12.7. The largest absolute Gasteiger partial charge is 0.494 e. The lowest BCUT2D eigenvalue weighted by molar-refractivity contribution is -0.118. The first-order valence-corrected chi connectivity index (χ1v) is 11.1. The topological polar surface area (TPSA) is 106 Å². The van der Waals surface area contributed by atoms with Gasteiger partial charge in [0.1, 0.15) is 16.7 Å². The predicted molar refractivity (Wildman–Crippen MR) is 109 cm³/mol. The molecule has 1 aromatic heterocycles. The maximum absolute atomic E-state index is 12.7. The number of aromatic nitrogens is 1. The van der Waals surface area contributed by atoms with Gasteiger partial charge >= 0.3 is 0 Å². The average molecular weight is 431 g/mol. The lowest BCUT2D eigenvalue weighted by Gasteiger charge is -2.21. The van der Waals surface area contributed by atoms with Crippen LogP contribution < -0.4 is 10.1 Å². The molecule has 0 unspecified atom stereocenters. The van der Waals surface area contributed by atoms with Crippen LogP contribution in [0.4, 0.5) is 5.13 Å². The molecule has 150 valence electrons. The second kappa shape index (κ2) is 7.12. The van der Waals surface area contributed by atoms with E-state index in [9.17, 15) is 18.0 Å². The Morgan fingerprint density at radius 1 is 1.28 bits per heavy atom. The van der Waals surface area contributed by atoms with Gasteiger partial charge in [-0.15, -0.1) is 0 Å². The summed E-state index contributed by atoms with van der Waals surface area (Å²) < 4.78 is 32.4. The van der Waals surface area contributed by atoms with Crippen molar-refractivity contribution >= 4 is 48.5 Å². The van der Waals surface area contributed by atoms with E-state index in [-0.39, 0.29) is 10.5 Å². The summed E-state index contributed by atoms with van der Waals surface area (Å²) in [7, 11) is -4.08. The van der Waals surface area contributed by atoms with Crippen molar-refractivity contribution < 1.29 is 22.7 Å². The Hall–Kier alpha value is -2.98. The summed E-state index contributed by atoms with van der Waals surface area (Å²) in [6.07, 6.45) is 0. The van der Waals surface area contributed by atoms with Gasteiger partial charge in [-0.05, 0) is 44.2 Å². The molecule has 0 fully saturated rings. The normalized spacial score (nSPS) is 15.9. The number of fused-ring (bicyclic) bond motifs is 2. The zero-order valence-electron chi connectivity index (χ0n) is 15.6. The number of benzene rings is 2. The molecule has 1 aliphatic rings. The van der Waals surface area contributed by atoms with E-state index in [1.807, 2.05) is 13.0 Å². The number of nitrogens with one attached hydrogen (secondary N) is 1. The van der Waals surface area contributed by atoms with Crippen molar-refractivity contribution in [1.82, 2.24) is 9.29 Å². The fraction of sp³-hybridized carbons (Fsp3) is 0.211. The highest BCUT2D eigenvalue weighted by atomic mass is 32.2. The number of amides is 2. The van der Waals surface area contributed by atoms with Crippen molar-refractivity contribution in [2.45, 2.75) is 24.8 Å². The molecule has 2 amide bonds. The molecule has 0 spiro atoms. The lowest BCUT2D eigenvalue weighted by atomic mass is 10.2. The van der Waals surface area contributed by atoms with Crippen LogP contribution in [0.5, 0.6) is 5.75 Å². The van der Waals surface area contributed by atoms with Gasteiger partial charge in [-0.2, -0.15) is 0 Å². The maximum Gasteiger partial charge on any atom is 0.269 e. The molecule has 10 heteroatoms. The van der Waals surface area contributed by atoms with Crippen LogP contribution >= 0.6 is 11.3 Å². The number of anilines is 1. The van der Waals surface area contributed by atoms with Crippen LogP contribution in [0, 0.1) is 0 Å². The highest BCUT2D eigenvalue weighted by Gasteiger charge is 2.45. The summed E-state index contributed by atoms with van der Waals surface area (Å²) in [5, 5.41) is 2.93. The first-order valence-electron chi connectivity index (χ1n) is 8.85. The van der Waals surface area contributed by atoms with Crippen LogP contribution in [0.15, 0.2) is 47.4 Å². The molecule has 1 N–H and O–H groups in total. The van der Waals surface area contributed by atoms with E-state index in [1.54, 1.807) is 18.2 Å². The number of thiazole rings is 1. The van der Waals surface area contributed by atoms with E-state index in [0.29, 0.717) is 27.3 Å². The van der Waals surface area contributed by atoms with Gasteiger partial charge in [0.15, 0.2) is 5.13 Å². The number of hydrogen-bond donors (Lipinski definition) is 1. The zero-order chi connectivity index (χ0) is 20.8. The molecule has 0 saturated heterocycles. The molecule has 1 aliphatic heterocycles. The summed E-state index contributed by atoms with van der Waals surface area (Å²) >= 11 is 1.24. The molecule has 0 bridgehead atoms. The Morgan fingerprint density at radius 3 is 2.76 bits per heavy atom. The third kappa shape index (κ3) is 3.23. The molecule has 0 saturated carbocycles. The molecular weight excluding hydrogens is 414 g/mol. The van der Waals surface area contributed by atoms with Crippen molar-refractivity contribution in [3.05, 3.63) is 48.0 Å². The van der Waals surface area contributed by atoms with E-state index in [2.05, 4.69) is 10.3 Å². The van der Waals surface area contributed by atoms with Gasteiger partial charge in [0.2, 0.25) is 5.91 Å². The Kier molecular flexibility index (Phi) is 4.75. The third-order valence-corrected chi connectivity index (χ3v) is 7.33. The average Bonchev–Trinajstić information content (AvgIpc) is 3.17. The Bertz CT molecular complexity index is 1240. The summed E-state index contributed by atoms with van der Waals surface area (Å²) in [6, 6.07) is 10.1. The molecule has 1 atom stereocenters. The Morgan fingerprint density at radius 2 is 2.03 bits per heavy atom. The van der Waals surface area contributed by atoms with Crippen molar-refractivity contribution in [1.29, 1.82) is 0 Å². The molecule has 8 nitrogen and oxygen atoms in total. The number of hydrogen-bond acceptors (Lipinski definition) is 7. The second-order valence-electron chi connectivity index (χ2n) is 6.35. The first-order chi connectivity index (χ1) is 13.8. The van der Waals surface area contributed by atoms with Crippen LogP contribution in [0.1, 0.15) is 24.2 Å². The molecule has 2 aromatic carbocycles. The molecule has 2 heterocycles. The fourth-order valence-corrected chi connectivity index (χ4v) is 5.74. The minimum atomic E-state index is -4.08. The van der Waals surface area contributed by atoms with Gasteiger partial charge in [0.05, 0.1) is 22.4 Å². The number of rotatable bonds is 5. The minimum Gasteiger partial charge on any atom is -0.494 e. The lowest BCUT2D eigenvalue weighted by Crippen LogP contribution is -2.45. The van der Waals surface area contributed by atoms with Crippen LogP contribution in [-0.4, -0.2) is 42.2 Å². The molecule has 4 rings (SSSR count). The van der Waals surface area contributed by atoms with Gasteiger partial charge in [-0.1, -0.05) is 23.5 Å². The van der Waals surface area contributed by atoms with Gasteiger partial charge in [-0.3, -0.25) is 9.59 Å². The quantitative estimate of drug-likeness (QED) is 0.666. The van der Waals surface area contributed by atoms with Crippen molar-refractivity contribution in [3.63, 3.8) is 0 Å². The molecular formula is C19H17N3O5S2. The molecule has 0 radical (unpaired) electrons. The van der Waals surface area contributed by atoms with Crippen LogP contribution in [0.3, 0.4) is 0 Å². The minimum absolute atomic E-state index is 0.0654. The number of carbonyl (C=O) groups is 2. The van der Waals surface area contributed by atoms with E-state index in [0.717, 1.165) is 4.70 Å².